The summed E-state index contributed by atoms with van der Waals surface area (Å²) in [4.78, 5) is 4.22. The van der Waals surface area contributed by atoms with Crippen molar-refractivity contribution in [3.63, 3.8) is 0 Å². The highest BCUT2D eigenvalue weighted by molar-refractivity contribution is 9.10. The summed E-state index contributed by atoms with van der Waals surface area (Å²) in [5.74, 6) is 2.54. The Labute approximate surface area is 158 Å². The maximum absolute atomic E-state index is 4.96. The summed E-state index contributed by atoms with van der Waals surface area (Å²) in [7, 11) is 1.95. The van der Waals surface area contributed by atoms with E-state index in [1.165, 1.54) is 17.5 Å². The highest BCUT2D eigenvalue weighted by Gasteiger charge is 2.32. The van der Waals surface area contributed by atoms with E-state index in [1.807, 2.05) is 23.5 Å². The van der Waals surface area contributed by atoms with E-state index in [0.29, 0.717) is 11.9 Å². The van der Waals surface area contributed by atoms with Crippen molar-refractivity contribution in [2.24, 2.45) is 7.05 Å². The van der Waals surface area contributed by atoms with Crippen LogP contribution in [0.15, 0.2) is 33.6 Å². The average molecular weight is 420 g/mol. The Balaban J connectivity index is 1.93. The highest BCUT2D eigenvalue weighted by Crippen LogP contribution is 2.47. The van der Waals surface area contributed by atoms with Crippen molar-refractivity contribution < 1.29 is 4.52 Å². The third kappa shape index (κ3) is 2.97. The standard InChI is InChI=1S/C17H18BrN5OS/c1-9-6-11(18)4-5-12(9)15-13-14(16-19-8-24-22-16)21-23(3)17(13)20-10(2)7-25-15/h4-6,8,10,15,20H,7H2,1-3H3/t10-,15-/m1/s1. The van der Waals surface area contributed by atoms with Gasteiger partial charge < -0.3 is 9.84 Å². The molecular weight excluding hydrogens is 402 g/mol. The molecule has 1 N–H and O–H groups in total. The number of benzene rings is 1. The van der Waals surface area contributed by atoms with E-state index in [2.05, 4.69) is 68.5 Å². The van der Waals surface area contributed by atoms with Gasteiger partial charge in [-0.2, -0.15) is 10.1 Å². The molecule has 0 amide bonds. The van der Waals surface area contributed by atoms with Crippen LogP contribution >= 0.6 is 27.7 Å². The number of thioether (sulfide) groups is 1. The monoisotopic (exact) mass is 419 g/mol. The predicted molar refractivity (Wildman–Crippen MR) is 103 cm³/mol. The van der Waals surface area contributed by atoms with Crippen LogP contribution in [0, 0.1) is 6.92 Å². The van der Waals surface area contributed by atoms with Crippen LogP contribution in [0.1, 0.15) is 28.9 Å². The molecule has 3 aromatic rings. The van der Waals surface area contributed by atoms with Gasteiger partial charge in [-0.1, -0.05) is 27.2 Å². The zero-order valence-corrected chi connectivity index (χ0v) is 16.6. The Hall–Kier alpha value is -1.80. The Morgan fingerprint density at radius 2 is 2.24 bits per heavy atom. The van der Waals surface area contributed by atoms with Crippen LogP contribution in [0.2, 0.25) is 0 Å². The van der Waals surface area contributed by atoms with E-state index < -0.39 is 0 Å². The Morgan fingerprint density at radius 3 is 2.96 bits per heavy atom. The number of hydrogen-bond acceptors (Lipinski definition) is 6. The van der Waals surface area contributed by atoms with Crippen molar-refractivity contribution in [3.8, 4) is 11.5 Å². The molecule has 6 nitrogen and oxygen atoms in total. The molecule has 0 bridgehead atoms. The second-order valence-corrected chi connectivity index (χ2v) is 8.30. The number of nitrogens with one attached hydrogen (secondary N) is 1. The van der Waals surface area contributed by atoms with E-state index in [1.54, 1.807) is 0 Å². The number of aromatic nitrogens is 4. The molecule has 0 saturated heterocycles. The normalized spacial score (nSPS) is 20.0. The van der Waals surface area contributed by atoms with Crippen LogP contribution in [0.5, 0.6) is 0 Å². The van der Waals surface area contributed by atoms with Crippen molar-refractivity contribution in [3.05, 3.63) is 45.8 Å². The quantitative estimate of drug-likeness (QED) is 0.671. The molecule has 3 heterocycles. The molecule has 0 spiro atoms. The predicted octanol–water partition coefficient (Wildman–Crippen LogP) is 4.18. The van der Waals surface area contributed by atoms with Crippen LogP contribution < -0.4 is 5.32 Å². The summed E-state index contributed by atoms with van der Waals surface area (Å²) in [5, 5.41) is 12.4. The van der Waals surface area contributed by atoms with E-state index in [9.17, 15) is 0 Å². The van der Waals surface area contributed by atoms with Crippen molar-refractivity contribution >= 4 is 33.5 Å². The first-order valence-electron chi connectivity index (χ1n) is 8.02. The molecular formula is C17H18BrN5OS. The minimum atomic E-state index is 0.155. The molecule has 0 radical (unpaired) electrons. The minimum Gasteiger partial charge on any atom is -0.367 e. The van der Waals surface area contributed by atoms with Gasteiger partial charge in [-0.25, -0.2) is 0 Å². The maximum Gasteiger partial charge on any atom is 0.223 e. The van der Waals surface area contributed by atoms with E-state index >= 15 is 0 Å². The first-order valence-corrected chi connectivity index (χ1v) is 9.86. The van der Waals surface area contributed by atoms with Gasteiger partial charge in [0.2, 0.25) is 12.2 Å². The van der Waals surface area contributed by atoms with Crippen LogP contribution in [0.3, 0.4) is 0 Å². The van der Waals surface area contributed by atoms with Gasteiger partial charge in [0.25, 0.3) is 0 Å². The molecule has 1 aliphatic rings. The Morgan fingerprint density at radius 1 is 1.40 bits per heavy atom. The van der Waals surface area contributed by atoms with E-state index in [-0.39, 0.29) is 5.25 Å². The Bertz CT molecular complexity index is 908. The number of fused-ring (bicyclic) bond motifs is 1. The van der Waals surface area contributed by atoms with Gasteiger partial charge in [0.1, 0.15) is 11.5 Å². The van der Waals surface area contributed by atoms with Crippen molar-refractivity contribution in [1.82, 2.24) is 19.9 Å². The zero-order valence-electron chi connectivity index (χ0n) is 14.2. The van der Waals surface area contributed by atoms with Gasteiger partial charge in [0.05, 0.1) is 5.25 Å². The van der Waals surface area contributed by atoms with Gasteiger partial charge in [0.15, 0.2) is 0 Å². The fourth-order valence-corrected chi connectivity index (χ4v) is 5.05. The molecule has 0 fully saturated rings. The fourth-order valence-electron chi connectivity index (χ4n) is 3.18. The van der Waals surface area contributed by atoms with Gasteiger partial charge in [0, 0.05) is 28.9 Å². The molecule has 2 aromatic heterocycles. The zero-order chi connectivity index (χ0) is 17.6. The summed E-state index contributed by atoms with van der Waals surface area (Å²) in [5.41, 5.74) is 4.41. The SMILES string of the molecule is Cc1cc(Br)ccc1[C@H]1SC[C@@H](C)Nc2c1c(-c1ncon1)nn2C. The summed E-state index contributed by atoms with van der Waals surface area (Å²) < 4.78 is 7.92. The maximum atomic E-state index is 4.96. The van der Waals surface area contributed by atoms with E-state index in [0.717, 1.165) is 27.3 Å². The van der Waals surface area contributed by atoms with Crippen LogP contribution in [-0.2, 0) is 7.05 Å². The van der Waals surface area contributed by atoms with Gasteiger partial charge in [-0.3, -0.25) is 4.68 Å². The van der Waals surface area contributed by atoms with Gasteiger partial charge in [-0.05, 0) is 37.1 Å². The van der Waals surface area contributed by atoms with E-state index in [4.69, 9.17) is 4.52 Å². The molecule has 8 heteroatoms. The third-order valence-electron chi connectivity index (χ3n) is 4.33. The number of rotatable bonds is 2. The number of anilines is 1. The molecule has 0 saturated carbocycles. The first kappa shape index (κ1) is 16.7. The smallest absolute Gasteiger partial charge is 0.223 e. The van der Waals surface area contributed by atoms with Crippen LogP contribution in [-0.4, -0.2) is 31.7 Å². The molecule has 4 rings (SSSR count). The topological polar surface area (TPSA) is 68.8 Å². The number of halogens is 1. The molecule has 25 heavy (non-hydrogen) atoms. The van der Waals surface area contributed by atoms with Gasteiger partial charge >= 0.3 is 0 Å². The van der Waals surface area contributed by atoms with Crippen LogP contribution in [0.25, 0.3) is 11.5 Å². The second-order valence-electron chi connectivity index (χ2n) is 6.25. The van der Waals surface area contributed by atoms with Gasteiger partial charge in [-0.15, -0.1) is 11.8 Å². The molecule has 0 aliphatic carbocycles. The first-order chi connectivity index (χ1) is 12.0. The van der Waals surface area contributed by atoms with Crippen molar-refractivity contribution in [2.75, 3.05) is 11.1 Å². The lowest BCUT2D eigenvalue weighted by Crippen LogP contribution is -2.18. The summed E-state index contributed by atoms with van der Waals surface area (Å²) in [6.45, 7) is 4.33. The minimum absolute atomic E-state index is 0.155. The molecule has 1 aliphatic heterocycles. The van der Waals surface area contributed by atoms with Crippen molar-refractivity contribution in [1.29, 1.82) is 0 Å². The third-order valence-corrected chi connectivity index (χ3v) is 6.34. The average Bonchev–Trinajstić information content (AvgIpc) is 3.15. The lowest BCUT2D eigenvalue weighted by atomic mass is 9.99. The number of hydrogen-bond donors (Lipinski definition) is 1. The van der Waals surface area contributed by atoms with Crippen molar-refractivity contribution in [2.45, 2.75) is 25.1 Å². The number of aryl methyl sites for hydroxylation is 2. The highest BCUT2D eigenvalue weighted by atomic mass is 79.9. The van der Waals surface area contributed by atoms with Crippen LogP contribution in [0.4, 0.5) is 5.82 Å². The molecule has 0 unspecified atom stereocenters. The molecule has 130 valence electrons. The fraction of sp³-hybridized carbons (Fsp3) is 0.353. The molecule has 2 atom stereocenters. The lowest BCUT2D eigenvalue weighted by Gasteiger charge is -2.18. The lowest BCUT2D eigenvalue weighted by molar-refractivity contribution is 0.418. The molecule has 1 aromatic carbocycles. The summed E-state index contributed by atoms with van der Waals surface area (Å²) >= 11 is 5.47. The summed E-state index contributed by atoms with van der Waals surface area (Å²) in [6, 6.07) is 6.78. The summed E-state index contributed by atoms with van der Waals surface area (Å²) in [6.07, 6.45) is 1.34. The largest absolute Gasteiger partial charge is 0.367 e. The Kier molecular flexibility index (Phi) is 4.33. The second kappa shape index (κ2) is 6.49. The number of nitrogens with zero attached hydrogens (tertiary/aromatic N) is 4.